The van der Waals surface area contributed by atoms with Crippen LogP contribution in [0.3, 0.4) is 0 Å². The molecule has 0 radical (unpaired) electrons. The molecule has 1 heterocycles. The fraction of sp³-hybridized carbons (Fsp3) is 0.130. The van der Waals surface area contributed by atoms with Crippen molar-refractivity contribution in [3.63, 3.8) is 0 Å². The Bertz CT molecular complexity index is 1150. The van der Waals surface area contributed by atoms with Crippen LogP contribution in [-0.2, 0) is 4.79 Å². The molecule has 31 heavy (non-hydrogen) atoms. The van der Waals surface area contributed by atoms with E-state index in [1.807, 2.05) is 0 Å². The van der Waals surface area contributed by atoms with Gasteiger partial charge in [0.25, 0.3) is 11.6 Å². The van der Waals surface area contributed by atoms with Gasteiger partial charge in [-0.1, -0.05) is 24.3 Å². The molecule has 3 rings (SSSR count). The topological polar surface area (TPSA) is 103 Å². The molecule has 8 heteroatoms. The molecule has 0 fully saturated rings. The molecule has 0 aliphatic heterocycles. The normalized spacial score (nSPS) is 10.8. The van der Waals surface area contributed by atoms with Crippen molar-refractivity contribution < 1.29 is 23.7 Å². The maximum Gasteiger partial charge on any atom is 0.280 e. The second kappa shape index (κ2) is 9.53. The number of benzene rings is 2. The maximum absolute atomic E-state index is 12.5. The minimum Gasteiger partial charge on any atom is -0.484 e. The summed E-state index contributed by atoms with van der Waals surface area (Å²) in [6.45, 7) is -0.124. The standard InChI is InChI=1S/C23H20N2O6/c1-24(2)23(27)15-30-18-7-5-6-16(14-18)21(26)12-10-17-11-13-22(31-17)19-8-3-4-9-20(19)25(28)29/h3-14H,15H2,1-2H3. The van der Waals surface area contributed by atoms with Crippen molar-refractivity contribution in [2.45, 2.75) is 0 Å². The highest BCUT2D eigenvalue weighted by Gasteiger charge is 2.16. The van der Waals surface area contributed by atoms with Gasteiger partial charge in [0.15, 0.2) is 12.4 Å². The summed E-state index contributed by atoms with van der Waals surface area (Å²) in [5.41, 5.74) is 0.681. The zero-order valence-corrected chi connectivity index (χ0v) is 17.0. The smallest absolute Gasteiger partial charge is 0.280 e. The fourth-order valence-corrected chi connectivity index (χ4v) is 2.70. The number of hydrogen-bond acceptors (Lipinski definition) is 6. The van der Waals surface area contributed by atoms with Gasteiger partial charge >= 0.3 is 0 Å². The van der Waals surface area contributed by atoms with Crippen LogP contribution in [0.15, 0.2) is 71.2 Å². The summed E-state index contributed by atoms with van der Waals surface area (Å²) in [4.78, 5) is 36.3. The van der Waals surface area contributed by atoms with Crippen LogP contribution in [0.1, 0.15) is 16.1 Å². The summed E-state index contributed by atoms with van der Waals surface area (Å²) in [5, 5.41) is 11.2. The molecular formula is C23H20N2O6. The van der Waals surface area contributed by atoms with Crippen LogP contribution in [-0.4, -0.2) is 42.2 Å². The summed E-state index contributed by atoms with van der Waals surface area (Å²) in [6.07, 6.45) is 2.83. The molecule has 158 valence electrons. The second-order valence-corrected chi connectivity index (χ2v) is 6.78. The van der Waals surface area contributed by atoms with Crippen molar-refractivity contribution in [3.05, 3.63) is 88.2 Å². The first kappa shape index (κ1) is 21.5. The van der Waals surface area contributed by atoms with Crippen molar-refractivity contribution in [3.8, 4) is 17.1 Å². The second-order valence-electron chi connectivity index (χ2n) is 6.78. The monoisotopic (exact) mass is 420 g/mol. The Hall–Kier alpha value is -4.20. The van der Waals surface area contributed by atoms with Gasteiger partial charge in [0.1, 0.15) is 17.3 Å². The van der Waals surface area contributed by atoms with E-state index in [9.17, 15) is 19.7 Å². The van der Waals surface area contributed by atoms with Crippen molar-refractivity contribution in [1.82, 2.24) is 4.90 Å². The number of rotatable bonds is 8. The van der Waals surface area contributed by atoms with E-state index in [1.165, 1.54) is 23.1 Å². The number of para-hydroxylation sites is 1. The van der Waals surface area contributed by atoms with E-state index in [2.05, 4.69) is 0 Å². The van der Waals surface area contributed by atoms with Gasteiger partial charge in [0.05, 0.1) is 10.5 Å². The number of nitrogens with zero attached hydrogens (tertiary/aromatic N) is 2. The summed E-state index contributed by atoms with van der Waals surface area (Å²) >= 11 is 0. The van der Waals surface area contributed by atoms with E-state index >= 15 is 0 Å². The molecule has 0 aliphatic rings. The molecule has 1 aromatic heterocycles. The van der Waals surface area contributed by atoms with Gasteiger partial charge in [-0.3, -0.25) is 19.7 Å². The molecule has 0 spiro atoms. The van der Waals surface area contributed by atoms with Crippen molar-refractivity contribution >= 4 is 23.5 Å². The molecular weight excluding hydrogens is 400 g/mol. The van der Waals surface area contributed by atoms with Crippen LogP contribution in [0.4, 0.5) is 5.69 Å². The maximum atomic E-state index is 12.5. The highest BCUT2D eigenvalue weighted by molar-refractivity contribution is 6.06. The molecule has 8 nitrogen and oxygen atoms in total. The fourth-order valence-electron chi connectivity index (χ4n) is 2.70. The number of carbonyl (C=O) groups is 2. The minimum atomic E-state index is -0.474. The number of allylic oxidation sites excluding steroid dienone is 1. The van der Waals surface area contributed by atoms with E-state index < -0.39 is 4.92 Å². The quantitative estimate of drug-likeness (QED) is 0.234. The van der Waals surface area contributed by atoms with E-state index in [4.69, 9.17) is 9.15 Å². The Balaban J connectivity index is 1.71. The van der Waals surface area contributed by atoms with Crippen LogP contribution >= 0.6 is 0 Å². The van der Waals surface area contributed by atoms with Gasteiger partial charge in [0, 0.05) is 25.7 Å². The third-order valence-corrected chi connectivity index (χ3v) is 4.37. The molecule has 2 aromatic carbocycles. The first-order valence-electron chi connectivity index (χ1n) is 9.34. The predicted molar refractivity (Wildman–Crippen MR) is 115 cm³/mol. The lowest BCUT2D eigenvalue weighted by Gasteiger charge is -2.11. The number of furan rings is 1. The molecule has 0 unspecified atom stereocenters. The Labute approximate surface area is 178 Å². The van der Waals surface area contributed by atoms with Gasteiger partial charge in [-0.2, -0.15) is 0 Å². The zero-order valence-electron chi connectivity index (χ0n) is 17.0. The van der Waals surface area contributed by atoms with Crippen LogP contribution in [0.25, 0.3) is 17.4 Å². The molecule has 1 amide bonds. The van der Waals surface area contributed by atoms with Crippen LogP contribution in [0, 0.1) is 10.1 Å². The number of amides is 1. The first-order chi connectivity index (χ1) is 14.8. The Kier molecular flexibility index (Phi) is 6.61. The van der Waals surface area contributed by atoms with E-state index in [-0.39, 0.29) is 24.0 Å². The van der Waals surface area contributed by atoms with E-state index in [1.54, 1.807) is 68.7 Å². The molecule has 3 aromatic rings. The van der Waals surface area contributed by atoms with Crippen molar-refractivity contribution in [2.75, 3.05) is 20.7 Å². The number of carbonyl (C=O) groups excluding carboxylic acids is 2. The number of ketones is 1. The van der Waals surface area contributed by atoms with E-state index in [0.717, 1.165) is 0 Å². The zero-order chi connectivity index (χ0) is 22.4. The summed E-state index contributed by atoms with van der Waals surface area (Å²) in [5.74, 6) is 0.647. The van der Waals surface area contributed by atoms with Gasteiger partial charge in [0.2, 0.25) is 0 Å². The van der Waals surface area contributed by atoms with Crippen molar-refractivity contribution in [1.29, 1.82) is 0 Å². The third kappa shape index (κ3) is 5.45. The molecule has 0 saturated heterocycles. The predicted octanol–water partition coefficient (Wildman–Crippen LogP) is 4.22. The molecule has 0 atom stereocenters. The van der Waals surface area contributed by atoms with Gasteiger partial charge < -0.3 is 14.1 Å². The number of nitro groups is 1. The van der Waals surface area contributed by atoms with Crippen molar-refractivity contribution in [2.24, 2.45) is 0 Å². The molecule has 0 aliphatic carbocycles. The van der Waals surface area contributed by atoms with Crippen LogP contribution in [0.5, 0.6) is 5.75 Å². The van der Waals surface area contributed by atoms with Crippen LogP contribution < -0.4 is 4.74 Å². The first-order valence-corrected chi connectivity index (χ1v) is 9.34. The Morgan fingerprint density at radius 1 is 1.10 bits per heavy atom. The molecule has 0 saturated carbocycles. The largest absolute Gasteiger partial charge is 0.484 e. The van der Waals surface area contributed by atoms with Gasteiger partial charge in [-0.25, -0.2) is 0 Å². The third-order valence-electron chi connectivity index (χ3n) is 4.37. The number of likely N-dealkylation sites (N-methyl/N-ethyl adjacent to an activating group) is 1. The number of nitro benzene ring substituents is 1. The van der Waals surface area contributed by atoms with E-state index in [0.29, 0.717) is 28.4 Å². The average Bonchev–Trinajstić information content (AvgIpc) is 3.24. The lowest BCUT2D eigenvalue weighted by atomic mass is 10.1. The summed E-state index contributed by atoms with van der Waals surface area (Å²) < 4.78 is 11.1. The minimum absolute atomic E-state index is 0.0620. The number of hydrogen-bond donors (Lipinski definition) is 0. The highest BCUT2D eigenvalue weighted by Crippen LogP contribution is 2.31. The highest BCUT2D eigenvalue weighted by atomic mass is 16.6. The Morgan fingerprint density at radius 3 is 2.61 bits per heavy atom. The number of ether oxygens (including phenoxy) is 1. The molecule has 0 bridgehead atoms. The SMILES string of the molecule is CN(C)C(=O)COc1cccc(C(=O)C=Cc2ccc(-c3ccccc3[N+](=O)[O-])o2)c1. The van der Waals surface area contributed by atoms with Gasteiger partial charge in [-0.15, -0.1) is 0 Å². The molecule has 0 N–H and O–H groups in total. The summed E-state index contributed by atoms with van der Waals surface area (Å²) in [7, 11) is 3.26. The van der Waals surface area contributed by atoms with Crippen LogP contribution in [0.2, 0.25) is 0 Å². The lowest BCUT2D eigenvalue weighted by Crippen LogP contribution is -2.27. The average molecular weight is 420 g/mol. The van der Waals surface area contributed by atoms with Gasteiger partial charge in [-0.05, 0) is 42.5 Å². The summed E-state index contributed by atoms with van der Waals surface area (Å²) in [6, 6.07) is 16.0. The Morgan fingerprint density at radius 2 is 1.87 bits per heavy atom. The lowest BCUT2D eigenvalue weighted by molar-refractivity contribution is -0.384.